The standard InChI is InChI=1S/C22H30N4O5S/c1-22(2,3)31-21(27)25-14-16(15-25)24-10-12-26(13-11-24)32(28,29)19-7-5-6-18-17(19)8-9-23-20(18)30-4/h5-9,16H,10-15H2,1-4H3. The van der Waals surface area contributed by atoms with Gasteiger partial charge >= 0.3 is 6.09 Å². The molecule has 0 N–H and O–H groups in total. The highest BCUT2D eigenvalue weighted by Gasteiger charge is 2.39. The molecule has 0 bridgehead atoms. The van der Waals surface area contributed by atoms with Crippen LogP contribution < -0.4 is 4.74 Å². The fraction of sp³-hybridized carbons (Fsp3) is 0.545. The van der Waals surface area contributed by atoms with Crippen molar-refractivity contribution in [1.29, 1.82) is 0 Å². The fourth-order valence-corrected chi connectivity index (χ4v) is 5.78. The summed E-state index contributed by atoms with van der Waals surface area (Å²) in [6, 6.07) is 7.11. The third kappa shape index (κ3) is 4.39. The Morgan fingerprint density at radius 2 is 1.75 bits per heavy atom. The highest BCUT2D eigenvalue weighted by atomic mass is 32.2. The van der Waals surface area contributed by atoms with Crippen molar-refractivity contribution in [1.82, 2.24) is 19.1 Å². The number of carbonyl (C=O) groups is 1. The number of amides is 1. The number of benzene rings is 1. The number of ether oxygens (including phenoxy) is 2. The zero-order chi connectivity index (χ0) is 23.1. The Labute approximate surface area is 188 Å². The molecule has 0 atom stereocenters. The average molecular weight is 463 g/mol. The van der Waals surface area contributed by atoms with Gasteiger partial charge in [0.15, 0.2) is 0 Å². The second kappa shape index (κ2) is 8.49. The number of fused-ring (bicyclic) bond motifs is 1. The van der Waals surface area contributed by atoms with Crippen LogP contribution in [-0.2, 0) is 14.8 Å². The Morgan fingerprint density at radius 3 is 2.38 bits per heavy atom. The summed E-state index contributed by atoms with van der Waals surface area (Å²) in [4.78, 5) is 20.5. The summed E-state index contributed by atoms with van der Waals surface area (Å²) >= 11 is 0. The molecule has 174 valence electrons. The molecular formula is C22H30N4O5S. The number of piperazine rings is 1. The number of nitrogens with zero attached hydrogens (tertiary/aromatic N) is 4. The van der Waals surface area contributed by atoms with Crippen LogP contribution in [0.3, 0.4) is 0 Å². The minimum absolute atomic E-state index is 0.236. The molecule has 4 rings (SSSR count). The van der Waals surface area contributed by atoms with E-state index in [4.69, 9.17) is 9.47 Å². The van der Waals surface area contributed by atoms with E-state index in [1.165, 1.54) is 11.4 Å². The first-order chi connectivity index (χ1) is 15.1. The molecule has 1 aromatic carbocycles. The smallest absolute Gasteiger partial charge is 0.410 e. The lowest BCUT2D eigenvalue weighted by Gasteiger charge is -2.47. The Morgan fingerprint density at radius 1 is 1.06 bits per heavy atom. The topological polar surface area (TPSA) is 92.3 Å². The highest BCUT2D eigenvalue weighted by molar-refractivity contribution is 7.89. The Hall–Kier alpha value is -2.43. The van der Waals surface area contributed by atoms with Crippen molar-refractivity contribution in [3.05, 3.63) is 30.5 Å². The van der Waals surface area contributed by atoms with E-state index in [0.29, 0.717) is 55.9 Å². The normalized spacial score (nSPS) is 19.1. The minimum Gasteiger partial charge on any atom is -0.481 e. The number of carbonyl (C=O) groups excluding carboxylic acids is 1. The number of hydrogen-bond acceptors (Lipinski definition) is 7. The first kappa shape index (κ1) is 22.8. The van der Waals surface area contributed by atoms with Crippen LogP contribution in [0.4, 0.5) is 4.79 Å². The molecule has 2 aliphatic rings. The SMILES string of the molecule is COc1nccc2c(S(=O)(=O)N3CCN(C4CN(C(=O)OC(C)(C)C)C4)CC3)cccc12. The lowest BCUT2D eigenvalue weighted by Crippen LogP contribution is -2.64. The third-order valence-corrected chi connectivity index (χ3v) is 7.80. The second-order valence-corrected chi connectivity index (χ2v) is 11.1. The summed E-state index contributed by atoms with van der Waals surface area (Å²) in [5.41, 5.74) is -0.510. The van der Waals surface area contributed by atoms with Crippen molar-refractivity contribution in [3.63, 3.8) is 0 Å². The zero-order valence-corrected chi connectivity index (χ0v) is 19.8. The molecule has 1 aromatic heterocycles. The molecule has 1 amide bonds. The van der Waals surface area contributed by atoms with Crippen LogP contribution in [0.15, 0.2) is 35.4 Å². The molecule has 9 nitrogen and oxygen atoms in total. The number of methoxy groups -OCH3 is 1. The van der Waals surface area contributed by atoms with E-state index in [1.54, 1.807) is 29.3 Å². The number of pyridine rings is 1. The number of likely N-dealkylation sites (tertiary alicyclic amines) is 1. The predicted molar refractivity (Wildman–Crippen MR) is 120 cm³/mol. The number of rotatable bonds is 4. The lowest BCUT2D eigenvalue weighted by molar-refractivity contribution is -0.0204. The van der Waals surface area contributed by atoms with Gasteiger partial charge in [-0.2, -0.15) is 4.31 Å². The maximum absolute atomic E-state index is 13.4. The van der Waals surface area contributed by atoms with Crippen LogP contribution in [0.1, 0.15) is 20.8 Å². The molecule has 2 aromatic rings. The summed E-state index contributed by atoms with van der Waals surface area (Å²) in [7, 11) is -2.14. The van der Waals surface area contributed by atoms with E-state index >= 15 is 0 Å². The molecule has 3 heterocycles. The van der Waals surface area contributed by atoms with Crippen molar-refractivity contribution < 1.29 is 22.7 Å². The first-order valence-electron chi connectivity index (χ1n) is 10.7. The number of hydrogen-bond donors (Lipinski definition) is 0. The summed E-state index contributed by atoms with van der Waals surface area (Å²) < 4.78 is 39.1. The molecule has 0 unspecified atom stereocenters. The van der Waals surface area contributed by atoms with E-state index in [0.717, 1.165) is 0 Å². The summed E-state index contributed by atoms with van der Waals surface area (Å²) in [5.74, 6) is 0.406. The molecule has 0 saturated carbocycles. The van der Waals surface area contributed by atoms with Gasteiger partial charge in [0.1, 0.15) is 5.60 Å². The van der Waals surface area contributed by atoms with Crippen LogP contribution in [0, 0.1) is 0 Å². The maximum Gasteiger partial charge on any atom is 0.410 e. The molecule has 2 fully saturated rings. The van der Waals surface area contributed by atoms with Gasteiger partial charge in [-0.15, -0.1) is 0 Å². The molecule has 2 saturated heterocycles. The van der Waals surface area contributed by atoms with Gasteiger partial charge in [-0.25, -0.2) is 18.2 Å². The van der Waals surface area contributed by atoms with Crippen molar-refractivity contribution in [2.24, 2.45) is 0 Å². The van der Waals surface area contributed by atoms with E-state index < -0.39 is 15.6 Å². The van der Waals surface area contributed by atoms with Crippen LogP contribution in [-0.4, -0.2) is 91.6 Å². The quantitative estimate of drug-likeness (QED) is 0.688. The number of sulfonamides is 1. The molecule has 0 radical (unpaired) electrons. The largest absolute Gasteiger partial charge is 0.481 e. The van der Waals surface area contributed by atoms with Crippen molar-refractivity contribution in [2.75, 3.05) is 46.4 Å². The van der Waals surface area contributed by atoms with Gasteiger partial charge in [0, 0.05) is 62.3 Å². The van der Waals surface area contributed by atoms with Gasteiger partial charge in [0.2, 0.25) is 15.9 Å². The minimum atomic E-state index is -3.66. The average Bonchev–Trinajstić information content (AvgIpc) is 2.70. The van der Waals surface area contributed by atoms with Gasteiger partial charge in [0.25, 0.3) is 0 Å². The second-order valence-electron chi connectivity index (χ2n) is 9.15. The van der Waals surface area contributed by atoms with Crippen molar-refractivity contribution >= 4 is 26.9 Å². The third-order valence-electron chi connectivity index (χ3n) is 5.84. The maximum atomic E-state index is 13.4. The molecule has 0 aliphatic carbocycles. The van der Waals surface area contributed by atoms with E-state index in [9.17, 15) is 13.2 Å². The first-order valence-corrected chi connectivity index (χ1v) is 12.2. The van der Waals surface area contributed by atoms with Gasteiger partial charge in [-0.1, -0.05) is 6.07 Å². The fourth-order valence-electron chi connectivity index (χ4n) is 4.15. The molecule has 32 heavy (non-hydrogen) atoms. The van der Waals surface area contributed by atoms with Gasteiger partial charge < -0.3 is 14.4 Å². The van der Waals surface area contributed by atoms with Crippen LogP contribution >= 0.6 is 0 Å². The van der Waals surface area contributed by atoms with Gasteiger partial charge in [0.05, 0.1) is 12.0 Å². The molecule has 2 aliphatic heterocycles. The monoisotopic (exact) mass is 462 g/mol. The Balaban J connectivity index is 1.40. The molecule has 10 heteroatoms. The Bertz CT molecular complexity index is 1100. The molecule has 0 spiro atoms. The van der Waals surface area contributed by atoms with E-state index in [2.05, 4.69) is 9.88 Å². The number of aromatic nitrogens is 1. The highest BCUT2D eigenvalue weighted by Crippen LogP contribution is 2.31. The zero-order valence-electron chi connectivity index (χ0n) is 18.9. The van der Waals surface area contributed by atoms with Crippen LogP contribution in [0.2, 0.25) is 0 Å². The van der Waals surface area contributed by atoms with Crippen LogP contribution in [0.5, 0.6) is 5.88 Å². The summed E-state index contributed by atoms with van der Waals surface area (Å²) in [5, 5.41) is 1.28. The van der Waals surface area contributed by atoms with Gasteiger partial charge in [-0.05, 0) is 39.0 Å². The van der Waals surface area contributed by atoms with E-state index in [-0.39, 0.29) is 17.0 Å². The Kier molecular flexibility index (Phi) is 6.04. The van der Waals surface area contributed by atoms with Gasteiger partial charge in [-0.3, -0.25) is 4.90 Å². The summed E-state index contributed by atoms with van der Waals surface area (Å²) in [6.07, 6.45) is 1.27. The molecular weight excluding hydrogens is 432 g/mol. The van der Waals surface area contributed by atoms with Crippen LogP contribution in [0.25, 0.3) is 10.8 Å². The van der Waals surface area contributed by atoms with Crippen molar-refractivity contribution in [2.45, 2.75) is 37.3 Å². The summed E-state index contributed by atoms with van der Waals surface area (Å²) in [6.45, 7) is 8.84. The lowest BCUT2D eigenvalue weighted by atomic mass is 10.1. The van der Waals surface area contributed by atoms with E-state index in [1.807, 2.05) is 26.8 Å². The van der Waals surface area contributed by atoms with Crippen molar-refractivity contribution in [3.8, 4) is 5.88 Å². The predicted octanol–water partition coefficient (Wildman–Crippen LogP) is 2.17.